The first-order valence-electron chi connectivity index (χ1n) is 28.7. The van der Waals surface area contributed by atoms with E-state index in [0.717, 1.165) is 10.6 Å². The van der Waals surface area contributed by atoms with Crippen LogP contribution >= 0.6 is 0 Å². The van der Waals surface area contributed by atoms with Gasteiger partial charge in [-0.3, -0.25) is 58.6 Å². The number of Topliss-reactive ketones (excluding diaryl/α,β-unsaturated/α-hetero) is 1. The molecule has 11 N–H and O–H groups in total. The average molecular weight is 1160 g/mol. The van der Waals surface area contributed by atoms with E-state index in [1.165, 1.54) is 28.9 Å². The predicted octanol–water partition coefficient (Wildman–Crippen LogP) is 0.389. The zero-order chi connectivity index (χ0) is 60.6. The molecule has 0 saturated carbocycles. The monoisotopic (exact) mass is 1160 g/mol. The number of benzene rings is 2. The standard InChI is InChI=1S/C58H88N14O11/c1-58(2,3)83-37-44(53(79)69-29-16-25-46(69)51(77)68-72(36-39-20-11-8-12-21-39)48(74)34-40(55(81)82-6)22-13-27-64-56(60)62-4)67-49(75)41(32-38-18-9-7-10-19-38)33-42(73)35-66-50(76)45-24-15-30-70(45)54(80)47-26-17-31-71(47)52(78)43(59)23-14-28-65-57(61)63-5/h7-12,18-21,40-41,43-47H,13-17,22-37,59H2,1-6H3,(H,66,76)(H,67,75)(H,68,77)(H3,60,62,64)(H3,61,63,65)/t40-,41+,43-,44-,45-,46-,47-/m0/s1. The number of ether oxygens (including phenoxy) is 2. The number of rotatable bonds is 28. The number of amides is 7. The largest absolute Gasteiger partial charge is 0.469 e. The molecule has 456 valence electrons. The summed E-state index contributed by atoms with van der Waals surface area (Å²) in [5, 5.41) is 12.6. The highest BCUT2D eigenvalue weighted by molar-refractivity contribution is 5.97. The van der Waals surface area contributed by atoms with Crippen molar-refractivity contribution in [2.45, 2.75) is 147 Å². The van der Waals surface area contributed by atoms with Crippen molar-refractivity contribution in [2.75, 3.05) is 67.1 Å². The van der Waals surface area contributed by atoms with E-state index in [4.69, 9.17) is 26.7 Å². The third-order valence-corrected chi connectivity index (χ3v) is 14.9. The fourth-order valence-corrected chi connectivity index (χ4v) is 10.4. The van der Waals surface area contributed by atoms with Crippen LogP contribution in [-0.2, 0) is 65.6 Å². The van der Waals surface area contributed by atoms with E-state index in [0.29, 0.717) is 83.1 Å². The number of hydrogen-bond acceptors (Lipinski definition) is 14. The lowest BCUT2D eigenvalue weighted by molar-refractivity contribution is -0.153. The summed E-state index contributed by atoms with van der Waals surface area (Å²) in [6, 6.07) is 13.1. The summed E-state index contributed by atoms with van der Waals surface area (Å²) < 4.78 is 11.2. The van der Waals surface area contributed by atoms with Gasteiger partial charge in [-0.1, -0.05) is 60.7 Å². The van der Waals surface area contributed by atoms with Gasteiger partial charge in [0.2, 0.25) is 35.4 Å². The minimum absolute atomic E-state index is 0.0571. The van der Waals surface area contributed by atoms with Gasteiger partial charge in [0.25, 0.3) is 5.91 Å². The number of likely N-dealkylation sites (tertiary alicyclic amines) is 3. The summed E-state index contributed by atoms with van der Waals surface area (Å²) in [4.78, 5) is 138. The topological polar surface area (TPSA) is 348 Å². The second-order valence-corrected chi connectivity index (χ2v) is 22.2. The SMILES string of the molecule is CN=C(N)NCCC[C@@H](CC(=O)N(Cc1ccccc1)NC(=O)[C@@H]1CCCN1C(=O)[C@H](COC(C)(C)C)NC(=O)[C@@H](CC(=O)CNC(=O)[C@@H]1CCCN1C(=O)[C@@H]1CCCN1C(=O)[C@@H](N)CCCNC(N)=NC)Cc1ccccc1)C(=O)OC. The zero-order valence-corrected chi connectivity index (χ0v) is 49.1. The molecule has 0 aromatic heterocycles. The normalized spacial score (nSPS) is 18.8. The predicted molar refractivity (Wildman–Crippen MR) is 311 cm³/mol. The van der Waals surface area contributed by atoms with E-state index in [1.54, 1.807) is 64.2 Å². The van der Waals surface area contributed by atoms with Crippen LogP contribution in [0.25, 0.3) is 0 Å². The lowest BCUT2D eigenvalue weighted by atomic mass is 9.93. The van der Waals surface area contributed by atoms with Crippen molar-refractivity contribution < 1.29 is 52.6 Å². The summed E-state index contributed by atoms with van der Waals surface area (Å²) in [6.45, 7) is 6.22. The molecule has 5 rings (SSSR count). The van der Waals surface area contributed by atoms with Crippen molar-refractivity contribution in [3.05, 3.63) is 71.8 Å². The summed E-state index contributed by atoms with van der Waals surface area (Å²) in [5.41, 5.74) is 21.1. The third-order valence-electron chi connectivity index (χ3n) is 14.9. The van der Waals surface area contributed by atoms with Gasteiger partial charge in [0, 0.05) is 65.6 Å². The fraction of sp³-hybridized carbons (Fsp3) is 0.603. The van der Waals surface area contributed by atoms with Gasteiger partial charge in [0.15, 0.2) is 17.7 Å². The highest BCUT2D eigenvalue weighted by Crippen LogP contribution is 2.27. The smallest absolute Gasteiger partial charge is 0.309 e. The lowest BCUT2D eigenvalue weighted by Crippen LogP contribution is -2.58. The number of guanidine groups is 2. The number of hydrogen-bond donors (Lipinski definition) is 8. The number of nitrogens with zero attached hydrogens (tertiary/aromatic N) is 6. The Labute approximate surface area is 487 Å². The van der Waals surface area contributed by atoms with Crippen molar-refractivity contribution in [3.63, 3.8) is 0 Å². The Balaban J connectivity index is 1.27. The third kappa shape index (κ3) is 20.6. The Morgan fingerprint density at radius 3 is 1.81 bits per heavy atom. The van der Waals surface area contributed by atoms with Crippen LogP contribution in [0.2, 0.25) is 0 Å². The van der Waals surface area contributed by atoms with Gasteiger partial charge in [-0.05, 0) is 103 Å². The molecule has 3 saturated heterocycles. The van der Waals surface area contributed by atoms with Crippen molar-refractivity contribution in [1.82, 2.24) is 46.4 Å². The number of ketones is 1. The first-order valence-corrected chi connectivity index (χ1v) is 28.7. The Kier molecular flexibility index (Phi) is 26.2. The second-order valence-electron chi connectivity index (χ2n) is 22.2. The number of carbonyl (C=O) groups excluding carboxylic acids is 9. The molecule has 0 spiro atoms. The van der Waals surface area contributed by atoms with E-state index < -0.39 is 95.5 Å². The molecule has 0 radical (unpaired) electrons. The Morgan fingerprint density at radius 2 is 1.23 bits per heavy atom. The molecule has 3 heterocycles. The lowest BCUT2D eigenvalue weighted by Gasteiger charge is -2.32. The van der Waals surface area contributed by atoms with Crippen LogP contribution in [0.15, 0.2) is 70.6 Å². The highest BCUT2D eigenvalue weighted by atomic mass is 16.5. The molecule has 2 aromatic carbocycles. The number of nitrogens with one attached hydrogen (secondary N) is 5. The van der Waals surface area contributed by atoms with E-state index in [2.05, 4.69) is 36.7 Å². The minimum Gasteiger partial charge on any atom is -0.469 e. The van der Waals surface area contributed by atoms with Crippen molar-refractivity contribution in [3.8, 4) is 0 Å². The second kappa shape index (κ2) is 32.8. The number of carbonyl (C=O) groups is 9. The molecule has 0 aliphatic carbocycles. The van der Waals surface area contributed by atoms with Crippen LogP contribution < -0.4 is 43.9 Å². The van der Waals surface area contributed by atoms with Crippen molar-refractivity contribution >= 4 is 65.0 Å². The maximum atomic E-state index is 14.8. The van der Waals surface area contributed by atoms with Gasteiger partial charge in [-0.25, -0.2) is 5.01 Å². The molecule has 7 amide bonds. The Bertz CT molecular complexity index is 2580. The van der Waals surface area contributed by atoms with Crippen molar-refractivity contribution in [2.24, 2.45) is 39.0 Å². The molecule has 3 aliphatic heterocycles. The van der Waals surface area contributed by atoms with Gasteiger partial charge in [-0.2, -0.15) is 0 Å². The summed E-state index contributed by atoms with van der Waals surface area (Å²) in [6.07, 6.45) is 3.64. The van der Waals surface area contributed by atoms with Crippen LogP contribution in [0, 0.1) is 11.8 Å². The molecular weight excluding hydrogens is 1070 g/mol. The Morgan fingerprint density at radius 1 is 0.687 bits per heavy atom. The molecule has 3 fully saturated rings. The number of hydrazine groups is 1. The molecular formula is C58H88N14O11. The zero-order valence-electron chi connectivity index (χ0n) is 49.1. The molecule has 7 atom stereocenters. The number of aliphatic imine (C=N–C) groups is 2. The van der Waals surface area contributed by atoms with Crippen LogP contribution in [0.3, 0.4) is 0 Å². The summed E-state index contributed by atoms with van der Waals surface area (Å²) in [7, 11) is 4.33. The fourth-order valence-electron chi connectivity index (χ4n) is 10.4. The first-order chi connectivity index (χ1) is 39.6. The van der Waals surface area contributed by atoms with E-state index in [9.17, 15) is 43.2 Å². The molecule has 2 aromatic rings. The van der Waals surface area contributed by atoms with Crippen LogP contribution in [0.5, 0.6) is 0 Å². The van der Waals surface area contributed by atoms with Crippen LogP contribution in [-0.4, -0.2) is 188 Å². The number of methoxy groups -OCH3 is 1. The average Bonchev–Trinajstić information content (AvgIpc) is 4.50. The molecule has 25 nitrogen and oxygen atoms in total. The van der Waals surface area contributed by atoms with Gasteiger partial charge in [0.05, 0.1) is 44.4 Å². The molecule has 25 heteroatoms. The summed E-state index contributed by atoms with van der Waals surface area (Å²) >= 11 is 0. The quantitative estimate of drug-likeness (QED) is 0.0188. The molecule has 0 bridgehead atoms. The van der Waals surface area contributed by atoms with Crippen molar-refractivity contribution in [1.29, 1.82) is 0 Å². The van der Waals surface area contributed by atoms with Gasteiger partial charge in [-0.15, -0.1) is 0 Å². The van der Waals surface area contributed by atoms with Gasteiger partial charge >= 0.3 is 5.97 Å². The Hall–Kier alpha value is -7.67. The molecule has 0 unspecified atom stereocenters. The maximum Gasteiger partial charge on any atom is 0.309 e. The van der Waals surface area contributed by atoms with Gasteiger partial charge in [0.1, 0.15) is 24.2 Å². The maximum absolute atomic E-state index is 14.8. The van der Waals surface area contributed by atoms with Crippen LogP contribution in [0.1, 0.15) is 109 Å². The van der Waals surface area contributed by atoms with Crippen LogP contribution in [0.4, 0.5) is 0 Å². The van der Waals surface area contributed by atoms with Gasteiger partial charge < -0.3 is 62.6 Å². The highest BCUT2D eigenvalue weighted by Gasteiger charge is 2.44. The van der Waals surface area contributed by atoms with E-state index in [-0.39, 0.29) is 75.5 Å². The molecule has 83 heavy (non-hydrogen) atoms. The molecule has 3 aliphatic rings. The summed E-state index contributed by atoms with van der Waals surface area (Å²) in [5.74, 6) is -6.18. The number of nitrogens with two attached hydrogens (primary N) is 3. The first kappa shape index (κ1) is 66.1. The van der Waals surface area contributed by atoms with E-state index >= 15 is 0 Å². The number of esters is 1. The minimum atomic E-state index is -1.32. The van der Waals surface area contributed by atoms with E-state index in [1.807, 2.05) is 24.3 Å².